The third kappa shape index (κ3) is 1.65. The second-order valence-corrected chi connectivity index (χ2v) is 4.63. The summed E-state index contributed by atoms with van der Waals surface area (Å²) in [7, 11) is 1.45. The molecule has 2 bridgehead atoms. The number of aliphatic hydroxyl groups excluding tert-OH is 1. The zero-order valence-electron chi connectivity index (χ0n) is 8.61. The smallest absolute Gasteiger partial charge is 0.308 e. The number of hydrogen-bond acceptors (Lipinski definition) is 3. The van der Waals surface area contributed by atoms with E-state index >= 15 is 0 Å². The maximum absolute atomic E-state index is 11.4. The molecule has 2 fully saturated rings. The molecule has 0 aliphatic heterocycles. The Morgan fingerprint density at radius 2 is 1.86 bits per heavy atom. The number of carbonyl (C=O) groups excluding carboxylic acids is 1. The van der Waals surface area contributed by atoms with E-state index in [-0.39, 0.29) is 18.0 Å². The zero-order valence-corrected chi connectivity index (χ0v) is 8.61. The van der Waals surface area contributed by atoms with Crippen molar-refractivity contribution in [3.63, 3.8) is 0 Å². The number of carbonyl (C=O) groups is 1. The van der Waals surface area contributed by atoms with Crippen LogP contribution in [0.5, 0.6) is 0 Å². The standard InChI is InChI=1S/C11H18O3/c1-14-11(13)9-5-7-3-2-4-8(6-9)10(7)12/h7-10,12H,2-6H2,1H3. The quantitative estimate of drug-likeness (QED) is 0.647. The van der Waals surface area contributed by atoms with Crippen LogP contribution in [0.25, 0.3) is 0 Å². The predicted molar refractivity (Wildman–Crippen MR) is 51.6 cm³/mol. The molecule has 0 aromatic carbocycles. The number of aliphatic hydroxyl groups is 1. The Balaban J connectivity index is 2.03. The van der Waals surface area contributed by atoms with Gasteiger partial charge in [-0.1, -0.05) is 6.42 Å². The van der Waals surface area contributed by atoms with Gasteiger partial charge in [-0.05, 0) is 37.5 Å². The van der Waals surface area contributed by atoms with Crippen LogP contribution in [0.4, 0.5) is 0 Å². The highest BCUT2D eigenvalue weighted by molar-refractivity contribution is 5.72. The van der Waals surface area contributed by atoms with Crippen molar-refractivity contribution in [2.24, 2.45) is 17.8 Å². The van der Waals surface area contributed by atoms with E-state index in [1.54, 1.807) is 0 Å². The lowest BCUT2D eigenvalue weighted by atomic mass is 9.66. The molecule has 0 aromatic heterocycles. The van der Waals surface area contributed by atoms with Gasteiger partial charge in [0.25, 0.3) is 0 Å². The molecule has 14 heavy (non-hydrogen) atoms. The molecule has 2 aliphatic carbocycles. The number of ether oxygens (including phenoxy) is 1. The summed E-state index contributed by atoms with van der Waals surface area (Å²) in [5.74, 6) is 0.630. The van der Waals surface area contributed by atoms with Gasteiger partial charge in [-0.25, -0.2) is 0 Å². The fourth-order valence-electron chi connectivity index (χ4n) is 3.07. The predicted octanol–water partition coefficient (Wildman–Crippen LogP) is 1.35. The second kappa shape index (κ2) is 3.89. The lowest BCUT2D eigenvalue weighted by molar-refractivity contribution is -0.151. The zero-order chi connectivity index (χ0) is 10.1. The Labute approximate surface area is 84.4 Å². The summed E-state index contributed by atoms with van der Waals surface area (Å²) in [6.45, 7) is 0. The van der Waals surface area contributed by atoms with Gasteiger partial charge in [0.1, 0.15) is 0 Å². The van der Waals surface area contributed by atoms with Crippen LogP contribution in [0, 0.1) is 17.8 Å². The van der Waals surface area contributed by atoms with E-state index in [9.17, 15) is 9.90 Å². The summed E-state index contributed by atoms with van der Waals surface area (Å²) >= 11 is 0. The maximum atomic E-state index is 11.4. The summed E-state index contributed by atoms with van der Waals surface area (Å²) in [5.41, 5.74) is 0. The van der Waals surface area contributed by atoms with Crippen molar-refractivity contribution in [3.05, 3.63) is 0 Å². The van der Waals surface area contributed by atoms with Crippen molar-refractivity contribution < 1.29 is 14.6 Å². The summed E-state index contributed by atoms with van der Waals surface area (Å²) in [6.07, 6.45) is 4.84. The highest BCUT2D eigenvalue weighted by atomic mass is 16.5. The maximum Gasteiger partial charge on any atom is 0.308 e. The Hall–Kier alpha value is -0.570. The molecule has 0 amide bonds. The molecule has 2 rings (SSSR count). The minimum absolute atomic E-state index is 0.0405. The minimum atomic E-state index is -0.162. The minimum Gasteiger partial charge on any atom is -0.469 e. The van der Waals surface area contributed by atoms with E-state index in [0.29, 0.717) is 11.8 Å². The number of hydrogen-bond donors (Lipinski definition) is 1. The largest absolute Gasteiger partial charge is 0.469 e. The van der Waals surface area contributed by atoms with E-state index in [2.05, 4.69) is 0 Å². The number of rotatable bonds is 1. The SMILES string of the molecule is COC(=O)C1CC2CCCC(C1)C2O. The number of fused-ring (bicyclic) bond motifs is 2. The number of esters is 1. The molecular formula is C11H18O3. The second-order valence-electron chi connectivity index (χ2n) is 4.63. The molecule has 0 spiro atoms. The third-order valence-electron chi connectivity index (χ3n) is 3.82. The summed E-state index contributed by atoms with van der Waals surface area (Å²) < 4.78 is 4.77. The first-order valence-corrected chi connectivity index (χ1v) is 5.48. The topological polar surface area (TPSA) is 46.5 Å². The molecule has 0 heterocycles. The molecule has 80 valence electrons. The van der Waals surface area contributed by atoms with E-state index in [1.165, 1.54) is 13.5 Å². The molecule has 0 aromatic rings. The molecule has 3 nitrogen and oxygen atoms in total. The Kier molecular flexibility index (Phi) is 2.77. The van der Waals surface area contributed by atoms with E-state index in [0.717, 1.165) is 25.7 Å². The van der Waals surface area contributed by atoms with Gasteiger partial charge in [-0.2, -0.15) is 0 Å². The first-order chi connectivity index (χ1) is 6.72. The van der Waals surface area contributed by atoms with Crippen molar-refractivity contribution in [3.8, 4) is 0 Å². The van der Waals surface area contributed by atoms with Crippen molar-refractivity contribution in [1.82, 2.24) is 0 Å². The molecule has 3 heteroatoms. The summed E-state index contributed by atoms with van der Waals surface area (Å²) in [4.78, 5) is 11.4. The van der Waals surface area contributed by atoms with Crippen LogP contribution in [0.15, 0.2) is 0 Å². The van der Waals surface area contributed by atoms with Crippen molar-refractivity contribution >= 4 is 5.97 Å². The average Bonchev–Trinajstić information content (AvgIpc) is 2.16. The lowest BCUT2D eigenvalue weighted by Gasteiger charge is -2.42. The van der Waals surface area contributed by atoms with Crippen LogP contribution in [-0.4, -0.2) is 24.3 Å². The first-order valence-electron chi connectivity index (χ1n) is 5.48. The third-order valence-corrected chi connectivity index (χ3v) is 3.82. The molecule has 1 N–H and O–H groups in total. The Morgan fingerprint density at radius 3 is 2.36 bits per heavy atom. The monoisotopic (exact) mass is 198 g/mol. The van der Waals surface area contributed by atoms with Crippen LogP contribution in [-0.2, 0) is 9.53 Å². The summed E-state index contributed by atoms with van der Waals surface area (Å²) in [5, 5.41) is 9.91. The molecule has 0 radical (unpaired) electrons. The van der Waals surface area contributed by atoms with Crippen LogP contribution >= 0.6 is 0 Å². The van der Waals surface area contributed by atoms with Crippen molar-refractivity contribution in [1.29, 1.82) is 0 Å². The molecule has 2 saturated carbocycles. The van der Waals surface area contributed by atoms with Gasteiger partial charge < -0.3 is 9.84 Å². The highest BCUT2D eigenvalue weighted by Crippen LogP contribution is 2.42. The van der Waals surface area contributed by atoms with Crippen molar-refractivity contribution in [2.45, 2.75) is 38.2 Å². The molecular weight excluding hydrogens is 180 g/mol. The normalized spacial score (nSPS) is 41.9. The first kappa shape index (κ1) is 9.97. The van der Waals surface area contributed by atoms with E-state index in [1.807, 2.05) is 0 Å². The van der Waals surface area contributed by atoms with Crippen LogP contribution < -0.4 is 0 Å². The molecule has 2 atom stereocenters. The van der Waals surface area contributed by atoms with Gasteiger partial charge in [0.2, 0.25) is 0 Å². The van der Waals surface area contributed by atoms with Crippen molar-refractivity contribution in [2.75, 3.05) is 7.11 Å². The van der Waals surface area contributed by atoms with Gasteiger partial charge in [-0.15, -0.1) is 0 Å². The average molecular weight is 198 g/mol. The molecule has 0 saturated heterocycles. The summed E-state index contributed by atoms with van der Waals surface area (Å²) in [6, 6.07) is 0. The van der Waals surface area contributed by atoms with E-state index in [4.69, 9.17) is 4.74 Å². The van der Waals surface area contributed by atoms with E-state index < -0.39 is 0 Å². The fraction of sp³-hybridized carbons (Fsp3) is 0.909. The van der Waals surface area contributed by atoms with Gasteiger partial charge in [-0.3, -0.25) is 4.79 Å². The van der Waals surface area contributed by atoms with Crippen LogP contribution in [0.2, 0.25) is 0 Å². The van der Waals surface area contributed by atoms with Gasteiger partial charge >= 0.3 is 5.97 Å². The van der Waals surface area contributed by atoms with Gasteiger partial charge in [0, 0.05) is 0 Å². The lowest BCUT2D eigenvalue weighted by Crippen LogP contribution is -2.42. The van der Waals surface area contributed by atoms with Crippen LogP contribution in [0.1, 0.15) is 32.1 Å². The van der Waals surface area contributed by atoms with Gasteiger partial charge in [0.15, 0.2) is 0 Å². The fourth-order valence-corrected chi connectivity index (χ4v) is 3.07. The number of methoxy groups -OCH3 is 1. The molecule has 2 unspecified atom stereocenters. The Morgan fingerprint density at radius 1 is 1.29 bits per heavy atom. The Bertz CT molecular complexity index is 213. The molecule has 2 aliphatic rings. The highest BCUT2D eigenvalue weighted by Gasteiger charge is 2.41. The van der Waals surface area contributed by atoms with Crippen LogP contribution in [0.3, 0.4) is 0 Å². The van der Waals surface area contributed by atoms with Gasteiger partial charge in [0.05, 0.1) is 19.1 Å².